The molecule has 0 spiro atoms. The standard InChI is InChI=1S/C28H38O3/c1-2-10-16-25(17-11-3-1)28-19-26(30-21-24-14-8-5-9-15-24)18-27(31-28)22-29-20-23-12-6-4-7-13-23/h4-9,12-15,25-28H,1-3,10-11,16-22H2. The van der Waals surface area contributed by atoms with Gasteiger partial charge in [-0.3, -0.25) is 0 Å². The number of benzene rings is 2. The van der Waals surface area contributed by atoms with Crippen molar-refractivity contribution in [3.8, 4) is 0 Å². The normalized spacial score (nSPS) is 25.6. The molecule has 0 radical (unpaired) electrons. The summed E-state index contributed by atoms with van der Waals surface area (Å²) in [4.78, 5) is 0. The van der Waals surface area contributed by atoms with Crippen LogP contribution in [0.4, 0.5) is 0 Å². The van der Waals surface area contributed by atoms with Crippen molar-refractivity contribution in [2.45, 2.75) is 89.3 Å². The summed E-state index contributed by atoms with van der Waals surface area (Å²) in [5, 5.41) is 0. The quantitative estimate of drug-likeness (QED) is 0.474. The van der Waals surface area contributed by atoms with Crippen LogP contribution in [0.15, 0.2) is 60.7 Å². The van der Waals surface area contributed by atoms with Crippen LogP contribution in [0.1, 0.15) is 68.9 Å². The molecular weight excluding hydrogens is 384 g/mol. The lowest BCUT2D eigenvalue weighted by Crippen LogP contribution is -2.42. The Morgan fingerprint density at radius 2 is 1.32 bits per heavy atom. The van der Waals surface area contributed by atoms with Gasteiger partial charge in [0.2, 0.25) is 0 Å². The first-order chi connectivity index (χ1) is 15.4. The third-order valence-corrected chi connectivity index (χ3v) is 6.81. The molecule has 3 unspecified atom stereocenters. The van der Waals surface area contributed by atoms with Crippen LogP contribution >= 0.6 is 0 Å². The molecule has 1 aliphatic carbocycles. The van der Waals surface area contributed by atoms with Crippen LogP contribution in [0.3, 0.4) is 0 Å². The largest absolute Gasteiger partial charge is 0.374 e. The maximum absolute atomic E-state index is 6.64. The molecule has 0 aromatic heterocycles. The van der Waals surface area contributed by atoms with Gasteiger partial charge in [0.05, 0.1) is 38.1 Å². The predicted molar refractivity (Wildman–Crippen MR) is 125 cm³/mol. The van der Waals surface area contributed by atoms with Crippen LogP contribution in [0, 0.1) is 5.92 Å². The van der Waals surface area contributed by atoms with E-state index in [1.807, 2.05) is 6.07 Å². The molecule has 168 valence electrons. The summed E-state index contributed by atoms with van der Waals surface area (Å²) in [5.41, 5.74) is 2.46. The van der Waals surface area contributed by atoms with Crippen LogP contribution < -0.4 is 0 Å². The van der Waals surface area contributed by atoms with E-state index in [1.165, 1.54) is 56.1 Å². The molecule has 0 N–H and O–H groups in total. The van der Waals surface area contributed by atoms with E-state index in [9.17, 15) is 0 Å². The fraction of sp³-hybridized carbons (Fsp3) is 0.571. The highest BCUT2D eigenvalue weighted by Crippen LogP contribution is 2.34. The molecule has 2 aromatic carbocycles. The minimum atomic E-state index is 0.119. The molecule has 31 heavy (non-hydrogen) atoms. The molecule has 3 heteroatoms. The van der Waals surface area contributed by atoms with Crippen molar-refractivity contribution < 1.29 is 14.2 Å². The summed E-state index contributed by atoms with van der Waals surface area (Å²) in [5.74, 6) is 0.667. The fourth-order valence-corrected chi connectivity index (χ4v) is 5.08. The van der Waals surface area contributed by atoms with Crippen molar-refractivity contribution in [3.05, 3.63) is 71.8 Å². The summed E-state index contributed by atoms with van der Waals surface area (Å²) < 4.78 is 19.1. The zero-order chi connectivity index (χ0) is 21.1. The summed E-state index contributed by atoms with van der Waals surface area (Å²) in [7, 11) is 0. The first kappa shape index (κ1) is 22.5. The van der Waals surface area contributed by atoms with E-state index in [4.69, 9.17) is 14.2 Å². The summed E-state index contributed by atoms with van der Waals surface area (Å²) in [6.07, 6.45) is 12.0. The zero-order valence-electron chi connectivity index (χ0n) is 18.8. The van der Waals surface area contributed by atoms with Gasteiger partial charge in [0, 0.05) is 12.8 Å². The second-order valence-corrected chi connectivity index (χ2v) is 9.29. The molecule has 2 aromatic rings. The maximum Gasteiger partial charge on any atom is 0.0837 e. The lowest BCUT2D eigenvalue weighted by molar-refractivity contribution is -0.157. The van der Waals surface area contributed by atoms with Gasteiger partial charge in [-0.1, -0.05) is 92.8 Å². The van der Waals surface area contributed by atoms with Crippen LogP contribution in [0.2, 0.25) is 0 Å². The van der Waals surface area contributed by atoms with Crippen LogP contribution in [0.25, 0.3) is 0 Å². The first-order valence-electron chi connectivity index (χ1n) is 12.3. The van der Waals surface area contributed by atoms with Gasteiger partial charge in [0.15, 0.2) is 0 Å². The van der Waals surface area contributed by atoms with Crippen molar-refractivity contribution >= 4 is 0 Å². The van der Waals surface area contributed by atoms with Crippen molar-refractivity contribution in [1.29, 1.82) is 0 Å². The van der Waals surface area contributed by atoms with E-state index < -0.39 is 0 Å². The molecule has 1 heterocycles. The highest BCUT2D eigenvalue weighted by Gasteiger charge is 2.34. The molecule has 1 saturated carbocycles. The van der Waals surface area contributed by atoms with E-state index in [-0.39, 0.29) is 12.2 Å². The van der Waals surface area contributed by atoms with Gasteiger partial charge < -0.3 is 14.2 Å². The predicted octanol–water partition coefficient (Wildman–Crippen LogP) is 6.70. The van der Waals surface area contributed by atoms with Crippen molar-refractivity contribution in [2.75, 3.05) is 6.61 Å². The van der Waals surface area contributed by atoms with Crippen LogP contribution in [-0.4, -0.2) is 24.9 Å². The summed E-state index contributed by atoms with van der Waals surface area (Å²) >= 11 is 0. The molecular formula is C28H38O3. The maximum atomic E-state index is 6.64. The van der Waals surface area contributed by atoms with Gasteiger partial charge in [-0.15, -0.1) is 0 Å². The molecule has 1 aliphatic heterocycles. The second kappa shape index (κ2) is 12.4. The third-order valence-electron chi connectivity index (χ3n) is 6.81. The monoisotopic (exact) mass is 422 g/mol. The molecule has 4 rings (SSSR count). The van der Waals surface area contributed by atoms with Crippen molar-refractivity contribution in [3.63, 3.8) is 0 Å². The highest BCUT2D eigenvalue weighted by atomic mass is 16.5. The molecule has 0 bridgehead atoms. The van der Waals surface area contributed by atoms with E-state index in [0.29, 0.717) is 31.8 Å². The van der Waals surface area contributed by atoms with E-state index in [0.717, 1.165) is 12.8 Å². The zero-order valence-corrected chi connectivity index (χ0v) is 18.8. The molecule has 0 amide bonds. The molecule has 1 saturated heterocycles. The van der Waals surface area contributed by atoms with Gasteiger partial charge in [0.1, 0.15) is 0 Å². The Bertz CT molecular complexity index is 724. The van der Waals surface area contributed by atoms with Gasteiger partial charge in [0.25, 0.3) is 0 Å². The van der Waals surface area contributed by atoms with Crippen LogP contribution in [-0.2, 0) is 27.4 Å². The topological polar surface area (TPSA) is 27.7 Å². The molecule has 3 nitrogen and oxygen atoms in total. The number of ether oxygens (including phenoxy) is 3. The van der Waals surface area contributed by atoms with Gasteiger partial charge in [-0.05, 0) is 29.9 Å². The summed E-state index contributed by atoms with van der Waals surface area (Å²) in [6.45, 7) is 1.97. The Morgan fingerprint density at radius 1 is 0.710 bits per heavy atom. The van der Waals surface area contributed by atoms with E-state index >= 15 is 0 Å². The Labute approximate surface area is 188 Å². The smallest absolute Gasteiger partial charge is 0.0837 e. The lowest BCUT2D eigenvalue weighted by Gasteiger charge is -2.39. The van der Waals surface area contributed by atoms with Gasteiger partial charge >= 0.3 is 0 Å². The number of hydrogen-bond acceptors (Lipinski definition) is 3. The first-order valence-corrected chi connectivity index (χ1v) is 12.3. The Hall–Kier alpha value is -1.68. The second-order valence-electron chi connectivity index (χ2n) is 9.29. The highest BCUT2D eigenvalue weighted by molar-refractivity contribution is 5.14. The van der Waals surface area contributed by atoms with Gasteiger partial charge in [-0.2, -0.15) is 0 Å². The average molecular weight is 423 g/mol. The fourth-order valence-electron chi connectivity index (χ4n) is 5.08. The van der Waals surface area contributed by atoms with Crippen molar-refractivity contribution in [1.82, 2.24) is 0 Å². The van der Waals surface area contributed by atoms with Gasteiger partial charge in [-0.25, -0.2) is 0 Å². The molecule has 3 atom stereocenters. The van der Waals surface area contributed by atoms with E-state index in [1.54, 1.807) is 0 Å². The molecule has 2 aliphatic rings. The van der Waals surface area contributed by atoms with E-state index in [2.05, 4.69) is 54.6 Å². The SMILES string of the molecule is c1ccc(COCC2CC(OCc3ccccc3)CC(C3CCCCCCC3)O2)cc1. The Balaban J connectivity index is 1.34. The average Bonchev–Trinajstić information content (AvgIpc) is 2.79. The Morgan fingerprint density at radius 3 is 2.00 bits per heavy atom. The minimum absolute atomic E-state index is 0.119. The van der Waals surface area contributed by atoms with Crippen LogP contribution in [0.5, 0.6) is 0 Å². The lowest BCUT2D eigenvalue weighted by atomic mass is 9.83. The molecule has 2 fully saturated rings. The summed E-state index contributed by atoms with van der Waals surface area (Å²) in [6, 6.07) is 20.9. The number of hydrogen-bond donors (Lipinski definition) is 0. The number of rotatable bonds is 8. The minimum Gasteiger partial charge on any atom is -0.374 e. The Kier molecular flexibility index (Phi) is 8.99. The third kappa shape index (κ3) is 7.45. The van der Waals surface area contributed by atoms with Crippen molar-refractivity contribution in [2.24, 2.45) is 5.92 Å².